The van der Waals surface area contributed by atoms with Crippen molar-refractivity contribution in [2.45, 2.75) is 20.4 Å². The molecule has 0 saturated carbocycles. The van der Waals surface area contributed by atoms with E-state index >= 15 is 0 Å². The monoisotopic (exact) mass is 259 g/mol. The lowest BCUT2D eigenvalue weighted by Crippen LogP contribution is -2.04. The number of anilines is 1. The highest BCUT2D eigenvalue weighted by atomic mass is 16.4. The van der Waals surface area contributed by atoms with E-state index in [2.05, 4.69) is 10.4 Å². The van der Waals surface area contributed by atoms with Gasteiger partial charge in [0.05, 0.1) is 11.8 Å². The van der Waals surface area contributed by atoms with Crippen LogP contribution in [0.15, 0.2) is 24.4 Å². The molecule has 0 aliphatic heterocycles. The van der Waals surface area contributed by atoms with Crippen LogP contribution in [0.1, 0.15) is 27.2 Å². The Kier molecular flexibility index (Phi) is 3.55. The predicted molar refractivity (Wildman–Crippen MR) is 73.4 cm³/mol. The lowest BCUT2D eigenvalue weighted by atomic mass is 10.1. The first-order valence-electron chi connectivity index (χ1n) is 6.04. The Hall–Kier alpha value is -2.30. The van der Waals surface area contributed by atoms with Crippen molar-refractivity contribution in [3.05, 3.63) is 46.8 Å². The Morgan fingerprint density at radius 2 is 2.16 bits per heavy atom. The number of nitrogens with zero attached hydrogens (tertiary/aromatic N) is 2. The predicted octanol–water partition coefficient (Wildman–Crippen LogP) is 2.35. The van der Waals surface area contributed by atoms with Crippen LogP contribution in [-0.2, 0) is 13.6 Å². The minimum absolute atomic E-state index is 0.288. The van der Waals surface area contributed by atoms with Crippen molar-refractivity contribution in [1.29, 1.82) is 0 Å². The van der Waals surface area contributed by atoms with Crippen molar-refractivity contribution in [3.63, 3.8) is 0 Å². The highest BCUT2D eigenvalue weighted by molar-refractivity contribution is 5.89. The molecule has 0 radical (unpaired) electrons. The van der Waals surface area contributed by atoms with Gasteiger partial charge >= 0.3 is 5.97 Å². The molecule has 0 unspecified atom stereocenters. The molecule has 2 N–H and O–H groups in total. The van der Waals surface area contributed by atoms with Crippen LogP contribution in [0.2, 0.25) is 0 Å². The summed E-state index contributed by atoms with van der Waals surface area (Å²) in [6, 6.07) is 5.07. The van der Waals surface area contributed by atoms with E-state index in [9.17, 15) is 4.79 Å². The summed E-state index contributed by atoms with van der Waals surface area (Å²) in [5.41, 5.74) is 4.34. The van der Waals surface area contributed by atoms with Crippen molar-refractivity contribution < 1.29 is 9.90 Å². The molecule has 0 fully saturated rings. The van der Waals surface area contributed by atoms with Gasteiger partial charge in [0.25, 0.3) is 0 Å². The summed E-state index contributed by atoms with van der Waals surface area (Å²) in [4.78, 5) is 11.0. The maximum Gasteiger partial charge on any atom is 0.335 e. The van der Waals surface area contributed by atoms with Crippen LogP contribution >= 0.6 is 0 Å². The maximum atomic E-state index is 11.0. The summed E-state index contributed by atoms with van der Waals surface area (Å²) < 4.78 is 1.82. The van der Waals surface area contributed by atoms with Gasteiger partial charge in [-0.05, 0) is 31.5 Å². The largest absolute Gasteiger partial charge is 0.478 e. The molecule has 0 amide bonds. The second-order valence-corrected chi connectivity index (χ2v) is 4.57. The molecule has 0 aliphatic carbocycles. The molecule has 2 rings (SSSR count). The Morgan fingerprint density at radius 3 is 2.74 bits per heavy atom. The second kappa shape index (κ2) is 5.14. The van der Waals surface area contributed by atoms with E-state index in [1.54, 1.807) is 12.1 Å². The topological polar surface area (TPSA) is 67.2 Å². The Balaban J connectivity index is 2.17. The van der Waals surface area contributed by atoms with Gasteiger partial charge in [-0.1, -0.05) is 6.07 Å². The van der Waals surface area contributed by atoms with Gasteiger partial charge in [0.2, 0.25) is 0 Å². The number of aromatic carboxylic acids is 1. The van der Waals surface area contributed by atoms with Gasteiger partial charge in [-0.2, -0.15) is 5.10 Å². The minimum atomic E-state index is -0.916. The van der Waals surface area contributed by atoms with Crippen molar-refractivity contribution in [1.82, 2.24) is 9.78 Å². The molecule has 0 atom stereocenters. The molecule has 100 valence electrons. The van der Waals surface area contributed by atoms with E-state index in [-0.39, 0.29) is 5.56 Å². The first-order chi connectivity index (χ1) is 8.99. The third-order valence-corrected chi connectivity index (χ3v) is 3.29. The van der Waals surface area contributed by atoms with Gasteiger partial charge in [0.15, 0.2) is 0 Å². The highest BCUT2D eigenvalue weighted by Gasteiger charge is 2.07. The average molecular weight is 259 g/mol. The third kappa shape index (κ3) is 2.76. The molecule has 5 heteroatoms. The summed E-state index contributed by atoms with van der Waals surface area (Å²) >= 11 is 0. The molecule has 0 aliphatic rings. The number of carbonyl (C=O) groups is 1. The lowest BCUT2D eigenvalue weighted by molar-refractivity contribution is 0.0697. The maximum absolute atomic E-state index is 11.0. The number of nitrogens with one attached hydrogen (secondary N) is 1. The van der Waals surface area contributed by atoms with Gasteiger partial charge in [0, 0.05) is 30.5 Å². The molecular weight excluding hydrogens is 242 g/mol. The lowest BCUT2D eigenvalue weighted by Gasteiger charge is -2.10. The van der Waals surface area contributed by atoms with Gasteiger partial charge in [-0.25, -0.2) is 4.79 Å². The Morgan fingerprint density at radius 1 is 1.42 bits per heavy atom. The molecule has 19 heavy (non-hydrogen) atoms. The molecule has 0 saturated heterocycles. The standard InChI is InChI=1S/C14H17N3O2/c1-9-4-5-11(14(18)19)6-13(9)15-7-12-8-16-17(3)10(12)2/h4-6,8,15H,7H2,1-3H3,(H,18,19). The van der Waals surface area contributed by atoms with Crippen LogP contribution in [0.3, 0.4) is 0 Å². The van der Waals surface area contributed by atoms with E-state index in [0.717, 1.165) is 22.5 Å². The van der Waals surface area contributed by atoms with Crippen LogP contribution in [0.4, 0.5) is 5.69 Å². The Labute approximate surface area is 111 Å². The van der Waals surface area contributed by atoms with Crippen molar-refractivity contribution in [2.24, 2.45) is 7.05 Å². The second-order valence-electron chi connectivity index (χ2n) is 4.57. The smallest absolute Gasteiger partial charge is 0.335 e. The van der Waals surface area contributed by atoms with Crippen molar-refractivity contribution >= 4 is 11.7 Å². The number of rotatable bonds is 4. The SMILES string of the molecule is Cc1ccc(C(=O)O)cc1NCc1cnn(C)c1C. The van der Waals surface area contributed by atoms with Crippen molar-refractivity contribution in [2.75, 3.05) is 5.32 Å². The molecule has 2 aromatic rings. The van der Waals surface area contributed by atoms with E-state index in [0.29, 0.717) is 6.54 Å². The summed E-state index contributed by atoms with van der Waals surface area (Å²) in [7, 11) is 1.90. The minimum Gasteiger partial charge on any atom is -0.478 e. The van der Waals surface area contributed by atoms with Gasteiger partial charge in [-0.3, -0.25) is 4.68 Å². The Bertz CT molecular complexity index is 617. The number of aryl methyl sites for hydroxylation is 2. The van der Waals surface area contributed by atoms with Gasteiger partial charge in [-0.15, -0.1) is 0 Å². The highest BCUT2D eigenvalue weighted by Crippen LogP contribution is 2.18. The summed E-state index contributed by atoms with van der Waals surface area (Å²) in [5, 5.41) is 16.4. The number of hydrogen-bond donors (Lipinski definition) is 2. The van der Waals surface area contributed by atoms with E-state index in [1.807, 2.05) is 37.8 Å². The molecule has 1 aromatic carbocycles. The van der Waals surface area contributed by atoms with E-state index in [1.165, 1.54) is 0 Å². The zero-order valence-electron chi connectivity index (χ0n) is 11.3. The quantitative estimate of drug-likeness (QED) is 0.884. The van der Waals surface area contributed by atoms with Crippen LogP contribution < -0.4 is 5.32 Å². The number of carboxylic acid groups (broad SMARTS) is 1. The van der Waals surface area contributed by atoms with E-state index in [4.69, 9.17) is 5.11 Å². The average Bonchev–Trinajstić information content (AvgIpc) is 2.69. The van der Waals surface area contributed by atoms with Crippen LogP contribution in [0, 0.1) is 13.8 Å². The molecule has 1 heterocycles. The molecule has 0 bridgehead atoms. The number of aromatic nitrogens is 2. The number of benzene rings is 1. The molecular formula is C14H17N3O2. The van der Waals surface area contributed by atoms with Crippen molar-refractivity contribution in [3.8, 4) is 0 Å². The van der Waals surface area contributed by atoms with Gasteiger partial charge in [0.1, 0.15) is 0 Å². The van der Waals surface area contributed by atoms with Gasteiger partial charge < -0.3 is 10.4 Å². The number of carboxylic acids is 1. The normalized spacial score (nSPS) is 10.5. The molecule has 5 nitrogen and oxygen atoms in total. The fraction of sp³-hybridized carbons (Fsp3) is 0.286. The summed E-state index contributed by atoms with van der Waals surface area (Å²) in [6.07, 6.45) is 1.82. The molecule has 0 spiro atoms. The first-order valence-corrected chi connectivity index (χ1v) is 6.04. The van der Waals surface area contributed by atoms with Crippen LogP contribution in [-0.4, -0.2) is 20.9 Å². The fourth-order valence-corrected chi connectivity index (χ4v) is 1.85. The number of hydrogen-bond acceptors (Lipinski definition) is 3. The zero-order chi connectivity index (χ0) is 14.0. The van der Waals surface area contributed by atoms with Crippen LogP contribution in [0.25, 0.3) is 0 Å². The van der Waals surface area contributed by atoms with E-state index < -0.39 is 5.97 Å². The van der Waals surface area contributed by atoms with Crippen LogP contribution in [0.5, 0.6) is 0 Å². The zero-order valence-corrected chi connectivity index (χ0v) is 11.3. The fourth-order valence-electron chi connectivity index (χ4n) is 1.85. The summed E-state index contributed by atoms with van der Waals surface area (Å²) in [6.45, 7) is 4.58. The third-order valence-electron chi connectivity index (χ3n) is 3.29. The summed E-state index contributed by atoms with van der Waals surface area (Å²) in [5.74, 6) is -0.916. The molecule has 1 aromatic heterocycles. The first kappa shape index (κ1) is 13.1.